The van der Waals surface area contributed by atoms with Gasteiger partial charge in [-0.25, -0.2) is 4.98 Å². The third kappa shape index (κ3) is 2.31. The van der Waals surface area contributed by atoms with Crippen molar-refractivity contribution in [3.63, 3.8) is 0 Å². The SMILES string of the molecule is CC1(C(=O)O)CCCN(C(=O)c2csc(N)n2)C1. The summed E-state index contributed by atoms with van der Waals surface area (Å²) in [6.07, 6.45) is 1.28. The van der Waals surface area contributed by atoms with E-state index >= 15 is 0 Å². The number of carbonyl (C=O) groups is 2. The Kier molecular flexibility index (Phi) is 3.25. The second-order valence-electron chi connectivity index (χ2n) is 4.77. The van der Waals surface area contributed by atoms with E-state index in [-0.39, 0.29) is 12.5 Å². The standard InChI is InChI=1S/C11H15N3O3S/c1-11(9(16)17)3-2-4-14(6-11)8(15)7-5-18-10(12)13-7/h5H,2-4,6H2,1H3,(H2,12,13)(H,16,17). The Morgan fingerprint density at radius 2 is 2.33 bits per heavy atom. The van der Waals surface area contributed by atoms with Gasteiger partial charge >= 0.3 is 5.97 Å². The molecule has 1 aliphatic rings. The van der Waals surface area contributed by atoms with E-state index in [4.69, 9.17) is 5.73 Å². The Balaban J connectivity index is 2.14. The second-order valence-corrected chi connectivity index (χ2v) is 5.66. The van der Waals surface area contributed by atoms with E-state index in [1.807, 2.05) is 0 Å². The number of rotatable bonds is 2. The van der Waals surface area contributed by atoms with Crippen molar-refractivity contribution in [3.8, 4) is 0 Å². The van der Waals surface area contributed by atoms with E-state index in [1.54, 1.807) is 17.2 Å². The lowest BCUT2D eigenvalue weighted by atomic mass is 9.82. The molecule has 1 fully saturated rings. The third-order valence-electron chi connectivity index (χ3n) is 3.24. The van der Waals surface area contributed by atoms with Crippen molar-refractivity contribution in [3.05, 3.63) is 11.1 Å². The summed E-state index contributed by atoms with van der Waals surface area (Å²) in [6, 6.07) is 0. The number of likely N-dealkylation sites (tertiary alicyclic amines) is 1. The first-order chi connectivity index (χ1) is 8.42. The summed E-state index contributed by atoms with van der Waals surface area (Å²) in [5, 5.41) is 11.1. The molecule has 1 aliphatic heterocycles. The van der Waals surface area contributed by atoms with Gasteiger partial charge in [0.2, 0.25) is 0 Å². The van der Waals surface area contributed by atoms with Crippen LogP contribution >= 0.6 is 11.3 Å². The lowest BCUT2D eigenvalue weighted by Crippen LogP contribution is -2.48. The van der Waals surface area contributed by atoms with Gasteiger partial charge in [0.05, 0.1) is 5.41 Å². The number of nitrogens with zero attached hydrogens (tertiary/aromatic N) is 2. The van der Waals surface area contributed by atoms with Crippen LogP contribution in [0.25, 0.3) is 0 Å². The summed E-state index contributed by atoms with van der Waals surface area (Å²) in [4.78, 5) is 28.8. The van der Waals surface area contributed by atoms with E-state index in [2.05, 4.69) is 4.98 Å². The number of thiazole rings is 1. The third-order valence-corrected chi connectivity index (χ3v) is 3.91. The number of hydrogen-bond donors (Lipinski definition) is 2. The smallest absolute Gasteiger partial charge is 0.311 e. The van der Waals surface area contributed by atoms with Gasteiger partial charge in [0.1, 0.15) is 5.69 Å². The Bertz CT molecular complexity index is 488. The largest absolute Gasteiger partial charge is 0.481 e. The molecule has 0 spiro atoms. The van der Waals surface area contributed by atoms with Gasteiger partial charge in [0, 0.05) is 18.5 Å². The van der Waals surface area contributed by atoms with Gasteiger partial charge in [-0.1, -0.05) is 0 Å². The molecular weight excluding hydrogens is 254 g/mol. The molecule has 6 nitrogen and oxygen atoms in total. The van der Waals surface area contributed by atoms with Crippen LogP contribution in [0.4, 0.5) is 5.13 Å². The molecule has 1 aromatic rings. The van der Waals surface area contributed by atoms with Gasteiger partial charge < -0.3 is 15.7 Å². The molecule has 0 aromatic carbocycles. The fourth-order valence-electron chi connectivity index (χ4n) is 2.14. The normalized spacial score (nSPS) is 23.9. The van der Waals surface area contributed by atoms with Crippen molar-refractivity contribution in [2.75, 3.05) is 18.8 Å². The minimum absolute atomic E-state index is 0.221. The molecule has 1 saturated heterocycles. The number of aromatic nitrogens is 1. The summed E-state index contributed by atoms with van der Waals surface area (Å²) in [7, 11) is 0. The van der Waals surface area contributed by atoms with E-state index in [9.17, 15) is 14.7 Å². The van der Waals surface area contributed by atoms with Crippen molar-refractivity contribution in [1.29, 1.82) is 0 Å². The summed E-state index contributed by atoms with van der Waals surface area (Å²) in [5.74, 6) is -1.10. The first kappa shape index (κ1) is 12.8. The molecule has 0 aliphatic carbocycles. The average molecular weight is 269 g/mol. The summed E-state index contributed by atoms with van der Waals surface area (Å²) < 4.78 is 0. The lowest BCUT2D eigenvalue weighted by molar-refractivity contribution is -0.150. The predicted octanol–water partition coefficient (Wildman–Crippen LogP) is 1.05. The van der Waals surface area contributed by atoms with E-state index in [0.29, 0.717) is 30.2 Å². The highest BCUT2D eigenvalue weighted by molar-refractivity contribution is 7.13. The number of aliphatic carboxylic acids is 1. The van der Waals surface area contributed by atoms with Crippen molar-refractivity contribution >= 4 is 28.3 Å². The number of amides is 1. The van der Waals surface area contributed by atoms with Gasteiger partial charge in [-0.3, -0.25) is 9.59 Å². The number of nitrogen functional groups attached to an aromatic ring is 1. The maximum absolute atomic E-state index is 12.1. The van der Waals surface area contributed by atoms with E-state index in [0.717, 1.165) is 0 Å². The van der Waals surface area contributed by atoms with Crippen molar-refractivity contribution in [2.24, 2.45) is 5.41 Å². The Labute approximate surface area is 108 Å². The summed E-state index contributed by atoms with van der Waals surface area (Å²) in [6.45, 7) is 2.46. The van der Waals surface area contributed by atoms with Crippen LogP contribution in [0.3, 0.4) is 0 Å². The van der Waals surface area contributed by atoms with Crippen LogP contribution in [-0.2, 0) is 4.79 Å². The fourth-order valence-corrected chi connectivity index (χ4v) is 2.67. The molecule has 0 bridgehead atoms. The molecule has 1 amide bonds. The van der Waals surface area contributed by atoms with Crippen LogP contribution in [0.2, 0.25) is 0 Å². The van der Waals surface area contributed by atoms with Crippen LogP contribution in [0.5, 0.6) is 0 Å². The molecule has 0 saturated carbocycles. The van der Waals surface area contributed by atoms with Crippen LogP contribution < -0.4 is 5.73 Å². The Morgan fingerprint density at radius 3 is 2.89 bits per heavy atom. The van der Waals surface area contributed by atoms with Gasteiger partial charge in [0.15, 0.2) is 5.13 Å². The van der Waals surface area contributed by atoms with E-state index in [1.165, 1.54) is 11.3 Å². The number of piperidine rings is 1. The molecular formula is C11H15N3O3S. The molecule has 1 aromatic heterocycles. The lowest BCUT2D eigenvalue weighted by Gasteiger charge is -2.37. The van der Waals surface area contributed by atoms with Crippen LogP contribution in [0, 0.1) is 5.41 Å². The Hall–Kier alpha value is -1.63. The quantitative estimate of drug-likeness (QED) is 0.836. The zero-order valence-electron chi connectivity index (χ0n) is 10.0. The highest BCUT2D eigenvalue weighted by Gasteiger charge is 2.39. The molecule has 3 N–H and O–H groups in total. The van der Waals surface area contributed by atoms with Crippen molar-refractivity contribution in [2.45, 2.75) is 19.8 Å². The molecule has 2 rings (SSSR count). The molecule has 98 valence electrons. The number of anilines is 1. The van der Waals surface area contributed by atoms with E-state index < -0.39 is 11.4 Å². The second kappa shape index (κ2) is 4.56. The Morgan fingerprint density at radius 1 is 1.61 bits per heavy atom. The summed E-state index contributed by atoms with van der Waals surface area (Å²) in [5.41, 5.74) is 4.92. The summed E-state index contributed by atoms with van der Waals surface area (Å²) >= 11 is 1.21. The predicted molar refractivity (Wildman–Crippen MR) is 67.4 cm³/mol. The number of hydrogen-bond acceptors (Lipinski definition) is 5. The molecule has 18 heavy (non-hydrogen) atoms. The van der Waals surface area contributed by atoms with Crippen LogP contribution in [0.1, 0.15) is 30.3 Å². The molecule has 7 heteroatoms. The van der Waals surface area contributed by atoms with Gasteiger partial charge in [-0.05, 0) is 19.8 Å². The first-order valence-corrected chi connectivity index (χ1v) is 6.54. The van der Waals surface area contributed by atoms with Crippen molar-refractivity contribution in [1.82, 2.24) is 9.88 Å². The molecule has 0 radical (unpaired) electrons. The number of nitrogens with two attached hydrogens (primary N) is 1. The maximum atomic E-state index is 12.1. The molecule has 1 atom stereocenters. The molecule has 2 heterocycles. The average Bonchev–Trinajstić information content (AvgIpc) is 2.75. The highest BCUT2D eigenvalue weighted by atomic mass is 32.1. The monoisotopic (exact) mass is 269 g/mol. The minimum atomic E-state index is -0.866. The highest BCUT2D eigenvalue weighted by Crippen LogP contribution is 2.30. The number of carbonyl (C=O) groups excluding carboxylic acids is 1. The zero-order valence-corrected chi connectivity index (χ0v) is 10.9. The number of carboxylic acids is 1. The van der Waals surface area contributed by atoms with Crippen molar-refractivity contribution < 1.29 is 14.7 Å². The van der Waals surface area contributed by atoms with Gasteiger partial charge in [-0.15, -0.1) is 11.3 Å². The topological polar surface area (TPSA) is 96.5 Å². The number of carboxylic acid groups (broad SMARTS) is 1. The van der Waals surface area contributed by atoms with Gasteiger partial charge in [0.25, 0.3) is 5.91 Å². The fraction of sp³-hybridized carbons (Fsp3) is 0.545. The maximum Gasteiger partial charge on any atom is 0.311 e. The van der Waals surface area contributed by atoms with Crippen LogP contribution in [0.15, 0.2) is 5.38 Å². The van der Waals surface area contributed by atoms with Gasteiger partial charge in [-0.2, -0.15) is 0 Å². The zero-order chi connectivity index (χ0) is 13.3. The van der Waals surface area contributed by atoms with Crippen LogP contribution in [-0.4, -0.2) is 40.0 Å². The minimum Gasteiger partial charge on any atom is -0.481 e. The first-order valence-electron chi connectivity index (χ1n) is 5.66. The molecule has 1 unspecified atom stereocenters.